The standard InChI is InChI=1S/C13H20N2O2/c1-3-7-15-12-6-5-10(9-11(12)14)13(16)17-8-4-2/h5-6,9,15H,3-4,7-8,14H2,1-2H3. The zero-order chi connectivity index (χ0) is 12.7. The fraction of sp³-hybridized carbons (Fsp3) is 0.462. The van der Waals surface area contributed by atoms with E-state index in [1.165, 1.54) is 0 Å². The molecule has 0 heterocycles. The molecular weight excluding hydrogens is 216 g/mol. The van der Waals surface area contributed by atoms with E-state index in [9.17, 15) is 4.79 Å². The van der Waals surface area contributed by atoms with E-state index in [1.807, 2.05) is 13.0 Å². The van der Waals surface area contributed by atoms with Crippen molar-refractivity contribution in [2.75, 3.05) is 24.2 Å². The summed E-state index contributed by atoms with van der Waals surface area (Å²) in [6, 6.07) is 5.19. The molecular formula is C13H20N2O2. The van der Waals surface area contributed by atoms with Crippen LogP contribution in [0.3, 0.4) is 0 Å². The predicted octanol–water partition coefficient (Wildman–Crippen LogP) is 2.66. The summed E-state index contributed by atoms with van der Waals surface area (Å²) in [4.78, 5) is 11.6. The molecule has 0 fully saturated rings. The molecule has 0 amide bonds. The lowest BCUT2D eigenvalue weighted by Crippen LogP contribution is -2.08. The Kier molecular flexibility index (Phi) is 5.33. The van der Waals surface area contributed by atoms with Crippen molar-refractivity contribution in [1.82, 2.24) is 0 Å². The van der Waals surface area contributed by atoms with Crippen LogP contribution >= 0.6 is 0 Å². The molecule has 1 aromatic rings. The third-order valence-electron chi connectivity index (χ3n) is 2.29. The van der Waals surface area contributed by atoms with Crippen LogP contribution in [-0.2, 0) is 4.74 Å². The zero-order valence-electron chi connectivity index (χ0n) is 10.5. The van der Waals surface area contributed by atoms with Gasteiger partial charge in [-0.2, -0.15) is 0 Å². The molecule has 0 aliphatic heterocycles. The van der Waals surface area contributed by atoms with Gasteiger partial charge in [-0.3, -0.25) is 0 Å². The molecule has 0 saturated heterocycles. The lowest BCUT2D eigenvalue weighted by atomic mass is 10.1. The number of esters is 1. The molecule has 3 N–H and O–H groups in total. The maximum Gasteiger partial charge on any atom is 0.338 e. The van der Waals surface area contributed by atoms with E-state index in [0.29, 0.717) is 17.9 Å². The summed E-state index contributed by atoms with van der Waals surface area (Å²) >= 11 is 0. The third kappa shape index (κ3) is 3.98. The van der Waals surface area contributed by atoms with Gasteiger partial charge in [0.05, 0.1) is 23.5 Å². The molecule has 0 radical (unpaired) electrons. The highest BCUT2D eigenvalue weighted by atomic mass is 16.5. The monoisotopic (exact) mass is 236 g/mol. The highest BCUT2D eigenvalue weighted by Crippen LogP contribution is 2.20. The van der Waals surface area contributed by atoms with Crippen LogP contribution in [0.2, 0.25) is 0 Å². The van der Waals surface area contributed by atoms with E-state index < -0.39 is 0 Å². The first-order valence-electron chi connectivity index (χ1n) is 5.99. The Morgan fingerprint density at radius 1 is 1.35 bits per heavy atom. The highest BCUT2D eigenvalue weighted by Gasteiger charge is 2.08. The molecule has 94 valence electrons. The minimum Gasteiger partial charge on any atom is -0.462 e. The Morgan fingerprint density at radius 3 is 2.71 bits per heavy atom. The summed E-state index contributed by atoms with van der Waals surface area (Å²) in [5, 5.41) is 3.19. The van der Waals surface area contributed by atoms with Crippen LogP contribution in [0.25, 0.3) is 0 Å². The van der Waals surface area contributed by atoms with Gasteiger partial charge in [0.15, 0.2) is 0 Å². The van der Waals surface area contributed by atoms with Gasteiger partial charge in [0.25, 0.3) is 0 Å². The molecule has 4 nitrogen and oxygen atoms in total. The number of hydrogen-bond donors (Lipinski definition) is 2. The minimum atomic E-state index is -0.319. The van der Waals surface area contributed by atoms with Gasteiger partial charge in [-0.25, -0.2) is 4.79 Å². The summed E-state index contributed by atoms with van der Waals surface area (Å²) in [6.07, 6.45) is 1.84. The van der Waals surface area contributed by atoms with Gasteiger partial charge in [0.1, 0.15) is 0 Å². The van der Waals surface area contributed by atoms with Gasteiger partial charge in [-0.05, 0) is 31.0 Å². The molecule has 1 aromatic carbocycles. The number of carbonyl (C=O) groups excluding carboxylic acids is 1. The average molecular weight is 236 g/mol. The summed E-state index contributed by atoms with van der Waals surface area (Å²) < 4.78 is 5.04. The molecule has 0 spiro atoms. The highest BCUT2D eigenvalue weighted by molar-refractivity contribution is 5.91. The number of carbonyl (C=O) groups is 1. The van der Waals surface area contributed by atoms with Crippen LogP contribution < -0.4 is 11.1 Å². The summed E-state index contributed by atoms with van der Waals surface area (Å²) in [5.41, 5.74) is 7.79. The van der Waals surface area contributed by atoms with E-state index >= 15 is 0 Å². The average Bonchev–Trinajstić information content (AvgIpc) is 2.34. The maximum absolute atomic E-state index is 11.6. The van der Waals surface area contributed by atoms with E-state index in [2.05, 4.69) is 12.2 Å². The molecule has 0 aliphatic rings. The van der Waals surface area contributed by atoms with Crippen molar-refractivity contribution in [3.05, 3.63) is 23.8 Å². The molecule has 0 aromatic heterocycles. The topological polar surface area (TPSA) is 64.3 Å². The minimum absolute atomic E-state index is 0.319. The Morgan fingerprint density at radius 2 is 2.12 bits per heavy atom. The van der Waals surface area contributed by atoms with E-state index in [1.54, 1.807) is 12.1 Å². The van der Waals surface area contributed by atoms with E-state index in [-0.39, 0.29) is 5.97 Å². The van der Waals surface area contributed by atoms with Gasteiger partial charge in [-0.1, -0.05) is 13.8 Å². The molecule has 0 bridgehead atoms. The second-order valence-corrected chi connectivity index (χ2v) is 3.86. The van der Waals surface area contributed by atoms with Crippen molar-refractivity contribution < 1.29 is 9.53 Å². The predicted molar refractivity (Wildman–Crippen MR) is 70.2 cm³/mol. The second kappa shape index (κ2) is 6.78. The number of hydrogen-bond acceptors (Lipinski definition) is 4. The number of rotatable bonds is 6. The van der Waals surface area contributed by atoms with Gasteiger partial charge >= 0.3 is 5.97 Å². The smallest absolute Gasteiger partial charge is 0.338 e. The molecule has 17 heavy (non-hydrogen) atoms. The van der Waals surface area contributed by atoms with Crippen LogP contribution in [0, 0.1) is 0 Å². The van der Waals surface area contributed by atoms with Crippen LogP contribution in [0.1, 0.15) is 37.0 Å². The first kappa shape index (κ1) is 13.4. The SMILES string of the molecule is CCCNc1ccc(C(=O)OCCC)cc1N. The first-order valence-corrected chi connectivity index (χ1v) is 5.99. The lowest BCUT2D eigenvalue weighted by Gasteiger charge is -2.09. The largest absolute Gasteiger partial charge is 0.462 e. The van der Waals surface area contributed by atoms with Crippen LogP contribution in [-0.4, -0.2) is 19.1 Å². The van der Waals surface area contributed by atoms with E-state index in [4.69, 9.17) is 10.5 Å². The van der Waals surface area contributed by atoms with Gasteiger partial charge in [-0.15, -0.1) is 0 Å². The summed E-state index contributed by atoms with van der Waals surface area (Å²) in [6.45, 7) is 5.34. The number of nitrogen functional groups attached to an aromatic ring is 1. The van der Waals surface area contributed by atoms with Crippen molar-refractivity contribution >= 4 is 17.3 Å². The van der Waals surface area contributed by atoms with Crippen molar-refractivity contribution in [1.29, 1.82) is 0 Å². The Balaban J connectivity index is 2.70. The van der Waals surface area contributed by atoms with Crippen molar-refractivity contribution in [2.45, 2.75) is 26.7 Å². The van der Waals surface area contributed by atoms with E-state index in [0.717, 1.165) is 25.1 Å². The lowest BCUT2D eigenvalue weighted by molar-refractivity contribution is 0.0505. The number of ether oxygens (including phenoxy) is 1. The number of nitrogens with two attached hydrogens (primary N) is 1. The zero-order valence-corrected chi connectivity index (χ0v) is 10.5. The summed E-state index contributed by atoms with van der Waals surface area (Å²) in [5.74, 6) is -0.319. The Hall–Kier alpha value is -1.71. The molecule has 0 atom stereocenters. The van der Waals surface area contributed by atoms with Gasteiger partial charge < -0.3 is 15.8 Å². The normalized spacial score (nSPS) is 10.0. The van der Waals surface area contributed by atoms with Crippen LogP contribution in [0.5, 0.6) is 0 Å². The fourth-order valence-electron chi connectivity index (χ4n) is 1.39. The van der Waals surface area contributed by atoms with Gasteiger partial charge in [0.2, 0.25) is 0 Å². The second-order valence-electron chi connectivity index (χ2n) is 3.86. The number of anilines is 2. The Labute approximate surface area is 102 Å². The van der Waals surface area contributed by atoms with Crippen molar-refractivity contribution in [3.63, 3.8) is 0 Å². The molecule has 4 heteroatoms. The fourth-order valence-corrected chi connectivity index (χ4v) is 1.39. The molecule has 0 saturated carbocycles. The third-order valence-corrected chi connectivity index (χ3v) is 2.29. The number of benzene rings is 1. The molecule has 0 aliphatic carbocycles. The van der Waals surface area contributed by atoms with Crippen LogP contribution in [0.4, 0.5) is 11.4 Å². The Bertz CT molecular complexity index is 378. The molecule has 0 unspecified atom stereocenters. The quantitative estimate of drug-likeness (QED) is 0.588. The molecule has 1 rings (SSSR count). The van der Waals surface area contributed by atoms with Crippen LogP contribution in [0.15, 0.2) is 18.2 Å². The van der Waals surface area contributed by atoms with Crippen molar-refractivity contribution in [3.8, 4) is 0 Å². The number of nitrogens with one attached hydrogen (secondary N) is 1. The van der Waals surface area contributed by atoms with Crippen molar-refractivity contribution in [2.24, 2.45) is 0 Å². The maximum atomic E-state index is 11.6. The first-order chi connectivity index (χ1) is 8.19. The van der Waals surface area contributed by atoms with Gasteiger partial charge in [0, 0.05) is 6.54 Å². The summed E-state index contributed by atoms with van der Waals surface area (Å²) in [7, 11) is 0.